The van der Waals surface area contributed by atoms with E-state index in [0.717, 1.165) is 16.9 Å². The van der Waals surface area contributed by atoms with Crippen molar-refractivity contribution in [2.45, 2.75) is 20.8 Å². The molecule has 0 unspecified atom stereocenters. The van der Waals surface area contributed by atoms with Crippen molar-refractivity contribution < 1.29 is 9.59 Å². The molecule has 2 aromatic rings. The summed E-state index contributed by atoms with van der Waals surface area (Å²) in [5.74, 6) is -0.262. The van der Waals surface area contributed by atoms with Crippen LogP contribution in [0.5, 0.6) is 0 Å². The molecule has 0 aliphatic heterocycles. The number of benzene rings is 2. The van der Waals surface area contributed by atoms with E-state index < -0.39 is 0 Å². The highest BCUT2D eigenvalue weighted by atomic mass is 16.2. The zero-order valence-electron chi connectivity index (χ0n) is 14.3. The van der Waals surface area contributed by atoms with Crippen LogP contribution in [0, 0.1) is 13.8 Å². The van der Waals surface area contributed by atoms with Crippen LogP contribution in [0.1, 0.15) is 28.4 Å². The first-order valence-electron chi connectivity index (χ1n) is 7.99. The molecule has 2 amide bonds. The second-order valence-corrected chi connectivity index (χ2v) is 5.64. The molecule has 0 radical (unpaired) electrons. The van der Waals surface area contributed by atoms with Gasteiger partial charge in [0.05, 0.1) is 6.54 Å². The molecule has 0 saturated heterocycles. The van der Waals surface area contributed by atoms with E-state index in [1.165, 1.54) is 5.56 Å². The van der Waals surface area contributed by atoms with Crippen molar-refractivity contribution in [1.82, 2.24) is 5.32 Å². The summed E-state index contributed by atoms with van der Waals surface area (Å²) in [5, 5.41) is 8.64. The first-order chi connectivity index (χ1) is 11.5. The predicted octanol–water partition coefficient (Wildman–Crippen LogP) is 3.10. The van der Waals surface area contributed by atoms with Gasteiger partial charge in [0.2, 0.25) is 5.91 Å². The number of carbonyl (C=O) groups is 2. The molecule has 0 aliphatic rings. The summed E-state index contributed by atoms with van der Waals surface area (Å²) in [4.78, 5) is 23.9. The SMILES string of the molecule is CCNC(=O)c1cccc(NCC(=O)Nc2ccc(C)c(C)c2)c1. The fraction of sp³-hybridized carbons (Fsp3) is 0.263. The number of aryl methyl sites for hydroxylation is 2. The molecule has 5 nitrogen and oxygen atoms in total. The molecule has 0 atom stereocenters. The maximum Gasteiger partial charge on any atom is 0.251 e. The topological polar surface area (TPSA) is 70.2 Å². The molecule has 126 valence electrons. The first kappa shape index (κ1) is 17.5. The second kappa shape index (κ2) is 8.15. The third-order valence-electron chi connectivity index (χ3n) is 3.71. The Morgan fingerprint density at radius 3 is 2.46 bits per heavy atom. The molecule has 0 heterocycles. The van der Waals surface area contributed by atoms with E-state index in [0.29, 0.717) is 12.1 Å². The van der Waals surface area contributed by atoms with Crippen LogP contribution < -0.4 is 16.0 Å². The van der Waals surface area contributed by atoms with E-state index in [1.54, 1.807) is 18.2 Å². The highest BCUT2D eigenvalue weighted by molar-refractivity contribution is 5.96. The number of carbonyl (C=O) groups excluding carboxylic acids is 2. The number of hydrogen-bond acceptors (Lipinski definition) is 3. The minimum absolute atomic E-state index is 0.124. The summed E-state index contributed by atoms with van der Waals surface area (Å²) in [6, 6.07) is 12.9. The molecule has 2 rings (SSSR count). The van der Waals surface area contributed by atoms with Gasteiger partial charge in [-0.3, -0.25) is 9.59 Å². The molecular weight excluding hydrogens is 302 g/mol. The standard InChI is InChI=1S/C19H23N3O2/c1-4-20-19(24)15-6-5-7-16(11-15)21-12-18(23)22-17-9-8-13(2)14(3)10-17/h5-11,21H,4,12H2,1-3H3,(H,20,24)(H,22,23). The fourth-order valence-electron chi connectivity index (χ4n) is 2.24. The molecule has 0 spiro atoms. The molecular formula is C19H23N3O2. The average Bonchev–Trinajstić information content (AvgIpc) is 2.57. The maximum atomic E-state index is 12.1. The van der Waals surface area contributed by atoms with Crippen molar-refractivity contribution in [2.75, 3.05) is 23.7 Å². The van der Waals surface area contributed by atoms with Crippen LogP contribution >= 0.6 is 0 Å². The van der Waals surface area contributed by atoms with Gasteiger partial charge in [0, 0.05) is 23.5 Å². The molecule has 0 saturated carbocycles. The summed E-state index contributed by atoms with van der Waals surface area (Å²) in [5.41, 5.74) is 4.40. The van der Waals surface area contributed by atoms with Gasteiger partial charge in [-0.2, -0.15) is 0 Å². The van der Waals surface area contributed by atoms with Crippen molar-refractivity contribution in [3.8, 4) is 0 Å². The zero-order valence-corrected chi connectivity index (χ0v) is 14.3. The molecule has 3 N–H and O–H groups in total. The van der Waals surface area contributed by atoms with Crippen LogP contribution in [0.4, 0.5) is 11.4 Å². The Balaban J connectivity index is 1.92. The van der Waals surface area contributed by atoms with Gasteiger partial charge in [-0.05, 0) is 62.2 Å². The summed E-state index contributed by atoms with van der Waals surface area (Å²) in [7, 11) is 0. The Morgan fingerprint density at radius 2 is 1.75 bits per heavy atom. The van der Waals surface area contributed by atoms with Crippen LogP contribution in [0.25, 0.3) is 0 Å². The van der Waals surface area contributed by atoms with Crippen LogP contribution in [0.15, 0.2) is 42.5 Å². The average molecular weight is 325 g/mol. The normalized spacial score (nSPS) is 10.1. The van der Waals surface area contributed by atoms with Gasteiger partial charge in [-0.25, -0.2) is 0 Å². The van der Waals surface area contributed by atoms with E-state index in [1.807, 2.05) is 45.0 Å². The van der Waals surface area contributed by atoms with Crippen molar-refractivity contribution >= 4 is 23.2 Å². The van der Waals surface area contributed by atoms with Gasteiger partial charge in [0.1, 0.15) is 0 Å². The van der Waals surface area contributed by atoms with Gasteiger partial charge in [0.25, 0.3) is 5.91 Å². The summed E-state index contributed by atoms with van der Waals surface area (Å²) in [6.45, 7) is 6.62. The second-order valence-electron chi connectivity index (χ2n) is 5.64. The van der Waals surface area contributed by atoms with Gasteiger partial charge in [-0.1, -0.05) is 12.1 Å². The molecule has 0 bridgehead atoms. The van der Waals surface area contributed by atoms with E-state index in [9.17, 15) is 9.59 Å². The Kier molecular flexibility index (Phi) is 5.95. The highest BCUT2D eigenvalue weighted by Gasteiger charge is 2.06. The zero-order chi connectivity index (χ0) is 17.5. The van der Waals surface area contributed by atoms with Gasteiger partial charge < -0.3 is 16.0 Å². The summed E-state index contributed by atoms with van der Waals surface area (Å²) < 4.78 is 0. The van der Waals surface area contributed by atoms with E-state index in [-0.39, 0.29) is 18.4 Å². The molecule has 0 fully saturated rings. The maximum absolute atomic E-state index is 12.1. The quantitative estimate of drug-likeness (QED) is 0.764. The predicted molar refractivity (Wildman–Crippen MR) is 97.5 cm³/mol. The van der Waals surface area contributed by atoms with Crippen molar-refractivity contribution in [1.29, 1.82) is 0 Å². The lowest BCUT2D eigenvalue weighted by atomic mass is 10.1. The van der Waals surface area contributed by atoms with Gasteiger partial charge >= 0.3 is 0 Å². The third kappa shape index (κ3) is 4.84. The highest BCUT2D eigenvalue weighted by Crippen LogP contribution is 2.14. The molecule has 24 heavy (non-hydrogen) atoms. The van der Waals surface area contributed by atoms with Crippen molar-refractivity contribution in [2.24, 2.45) is 0 Å². The van der Waals surface area contributed by atoms with Crippen LogP contribution in [0.2, 0.25) is 0 Å². The van der Waals surface area contributed by atoms with Gasteiger partial charge in [-0.15, -0.1) is 0 Å². The smallest absolute Gasteiger partial charge is 0.251 e. The van der Waals surface area contributed by atoms with E-state index >= 15 is 0 Å². The monoisotopic (exact) mass is 325 g/mol. The van der Waals surface area contributed by atoms with E-state index in [4.69, 9.17) is 0 Å². The molecule has 0 aliphatic carbocycles. The Labute approximate surface area is 142 Å². The Morgan fingerprint density at radius 1 is 0.958 bits per heavy atom. The number of hydrogen-bond donors (Lipinski definition) is 3. The van der Waals surface area contributed by atoms with E-state index in [2.05, 4.69) is 16.0 Å². The van der Waals surface area contributed by atoms with Crippen LogP contribution in [-0.4, -0.2) is 24.9 Å². The molecule has 2 aromatic carbocycles. The van der Waals surface area contributed by atoms with Crippen molar-refractivity contribution in [3.05, 3.63) is 59.2 Å². The number of amides is 2. The van der Waals surface area contributed by atoms with Crippen LogP contribution in [-0.2, 0) is 4.79 Å². The van der Waals surface area contributed by atoms with Gasteiger partial charge in [0.15, 0.2) is 0 Å². The largest absolute Gasteiger partial charge is 0.376 e. The number of nitrogens with one attached hydrogen (secondary N) is 3. The number of anilines is 2. The van der Waals surface area contributed by atoms with Crippen LogP contribution in [0.3, 0.4) is 0 Å². The number of rotatable bonds is 6. The fourth-order valence-corrected chi connectivity index (χ4v) is 2.24. The molecule has 0 aromatic heterocycles. The minimum Gasteiger partial charge on any atom is -0.376 e. The Bertz CT molecular complexity index is 741. The Hall–Kier alpha value is -2.82. The third-order valence-corrected chi connectivity index (χ3v) is 3.71. The first-order valence-corrected chi connectivity index (χ1v) is 7.99. The molecule has 5 heteroatoms. The lowest BCUT2D eigenvalue weighted by molar-refractivity contribution is -0.114. The minimum atomic E-state index is -0.137. The van der Waals surface area contributed by atoms with Crippen molar-refractivity contribution in [3.63, 3.8) is 0 Å². The summed E-state index contributed by atoms with van der Waals surface area (Å²) >= 11 is 0. The lowest BCUT2D eigenvalue weighted by Gasteiger charge is -2.10. The lowest BCUT2D eigenvalue weighted by Crippen LogP contribution is -2.23. The summed E-state index contributed by atoms with van der Waals surface area (Å²) in [6.07, 6.45) is 0.